The highest BCUT2D eigenvalue weighted by Gasteiger charge is 2.25. The number of nitrogens with one attached hydrogen (secondary N) is 1. The van der Waals surface area contributed by atoms with Crippen LogP contribution in [0.3, 0.4) is 0 Å². The average molecular weight is 629 g/mol. The molecule has 0 aliphatic carbocycles. The van der Waals surface area contributed by atoms with Crippen LogP contribution in [0.15, 0.2) is 172 Å². The third-order valence-electron chi connectivity index (χ3n) is 9.62. The minimum Gasteiger partial charge on any atom is -0.455 e. The highest BCUT2D eigenvalue weighted by Crippen LogP contribution is 2.43. The molecule has 10 rings (SSSR count). The normalized spacial score (nSPS) is 14.7. The van der Waals surface area contributed by atoms with Crippen molar-refractivity contribution < 1.29 is 4.42 Å². The number of aromatic nitrogens is 1. The molecule has 2 aromatic heterocycles. The number of aliphatic imine (C=N–C) groups is 2. The van der Waals surface area contributed by atoms with E-state index >= 15 is 0 Å². The summed E-state index contributed by atoms with van der Waals surface area (Å²) in [5.74, 6) is 1.42. The Morgan fingerprint density at radius 2 is 1.27 bits per heavy atom. The van der Waals surface area contributed by atoms with Crippen molar-refractivity contribution in [2.45, 2.75) is 6.17 Å². The van der Waals surface area contributed by atoms with Crippen molar-refractivity contribution in [1.82, 2.24) is 10.3 Å². The van der Waals surface area contributed by atoms with Crippen LogP contribution in [0.5, 0.6) is 0 Å². The van der Waals surface area contributed by atoms with Gasteiger partial charge in [0.1, 0.15) is 23.2 Å². The van der Waals surface area contributed by atoms with Crippen LogP contribution in [0, 0.1) is 0 Å². The molecule has 9 aromatic rings. The zero-order valence-electron chi connectivity index (χ0n) is 26.3. The van der Waals surface area contributed by atoms with Crippen molar-refractivity contribution in [3.05, 3.63) is 175 Å². The second-order valence-electron chi connectivity index (χ2n) is 12.4. The minimum atomic E-state index is -0.312. The van der Waals surface area contributed by atoms with Crippen molar-refractivity contribution >= 4 is 65.9 Å². The summed E-state index contributed by atoms with van der Waals surface area (Å²) < 4.78 is 6.78. The van der Waals surface area contributed by atoms with Crippen LogP contribution in [0.1, 0.15) is 22.9 Å². The molecule has 1 aliphatic rings. The lowest BCUT2D eigenvalue weighted by Gasteiger charge is -2.24. The van der Waals surface area contributed by atoms with E-state index < -0.39 is 0 Å². The van der Waals surface area contributed by atoms with Gasteiger partial charge in [0.2, 0.25) is 0 Å². The number of nitrogens with zero attached hydrogens (tertiary/aromatic N) is 3. The summed E-state index contributed by atoms with van der Waals surface area (Å²) in [6.45, 7) is 0. The van der Waals surface area contributed by atoms with Gasteiger partial charge in [-0.05, 0) is 67.7 Å². The Bertz CT molecular complexity index is 2800. The fraction of sp³-hybridized carbons (Fsp3) is 0.0227. The van der Waals surface area contributed by atoms with Gasteiger partial charge in [0, 0.05) is 39.9 Å². The quantitative estimate of drug-likeness (QED) is 0.197. The number of fused-ring (bicyclic) bond motifs is 8. The van der Waals surface area contributed by atoms with Crippen LogP contribution in [0.4, 0.5) is 0 Å². The van der Waals surface area contributed by atoms with Gasteiger partial charge in [0.25, 0.3) is 0 Å². The molecule has 0 fully saturated rings. The molecule has 3 heterocycles. The molecule has 0 radical (unpaired) electrons. The van der Waals surface area contributed by atoms with Gasteiger partial charge in [0.05, 0.1) is 0 Å². The Morgan fingerprint density at radius 3 is 2.12 bits per heavy atom. The molecule has 1 unspecified atom stereocenters. The lowest BCUT2D eigenvalue weighted by Crippen LogP contribution is -2.33. The fourth-order valence-electron chi connectivity index (χ4n) is 7.32. The molecule has 1 N–H and O–H groups in total. The molecule has 5 nitrogen and oxygen atoms in total. The van der Waals surface area contributed by atoms with E-state index in [1.54, 1.807) is 6.20 Å². The number of benzene rings is 7. The maximum atomic E-state index is 6.78. The first-order valence-electron chi connectivity index (χ1n) is 16.5. The smallest absolute Gasteiger partial charge is 0.160 e. The number of hydrogen-bond acceptors (Lipinski definition) is 5. The molecule has 1 atom stereocenters. The lowest BCUT2D eigenvalue weighted by atomic mass is 9.89. The second kappa shape index (κ2) is 11.0. The van der Waals surface area contributed by atoms with Gasteiger partial charge in [-0.1, -0.05) is 121 Å². The SMILES string of the molecule is c1ccc(C2=NC(c3ccc(-c4cc5c6ccccc6ccc5c5ccccc45)c4oc5ccncc5c34)=NC(c3ccccc3)N2)cc1. The predicted octanol–water partition coefficient (Wildman–Crippen LogP) is 10.6. The highest BCUT2D eigenvalue weighted by atomic mass is 16.3. The summed E-state index contributed by atoms with van der Waals surface area (Å²) in [6.07, 6.45) is 3.35. The fourth-order valence-corrected chi connectivity index (χ4v) is 7.32. The molecule has 230 valence electrons. The van der Waals surface area contributed by atoms with E-state index in [-0.39, 0.29) is 6.17 Å². The van der Waals surface area contributed by atoms with Crippen molar-refractivity contribution in [2.75, 3.05) is 0 Å². The molecular weight excluding hydrogens is 601 g/mol. The van der Waals surface area contributed by atoms with E-state index in [0.29, 0.717) is 5.84 Å². The van der Waals surface area contributed by atoms with Crippen molar-refractivity contribution in [1.29, 1.82) is 0 Å². The summed E-state index contributed by atoms with van der Waals surface area (Å²) in [6, 6.07) is 50.8. The van der Waals surface area contributed by atoms with Crippen LogP contribution in [0.2, 0.25) is 0 Å². The highest BCUT2D eigenvalue weighted by molar-refractivity contribution is 6.26. The van der Waals surface area contributed by atoms with Gasteiger partial charge >= 0.3 is 0 Å². The number of rotatable bonds is 4. The molecule has 1 aliphatic heterocycles. The van der Waals surface area contributed by atoms with Crippen molar-refractivity contribution in [3.63, 3.8) is 0 Å². The summed E-state index contributed by atoms with van der Waals surface area (Å²) in [4.78, 5) is 14.9. The van der Waals surface area contributed by atoms with Gasteiger partial charge in [-0.2, -0.15) is 0 Å². The van der Waals surface area contributed by atoms with Crippen molar-refractivity contribution in [3.8, 4) is 11.1 Å². The summed E-state index contributed by atoms with van der Waals surface area (Å²) in [5.41, 5.74) is 6.65. The molecule has 0 saturated carbocycles. The standard InChI is InChI=1S/C44H28N4O/c1-3-12-28(13-4-1)42-46-43(29-14-5-2-6-15-29)48-44(47-42)35-22-21-34(41-40(35)38-26-45-24-23-39(38)49-41)37-25-36-30-16-8-7-11-27(30)19-20-33(36)31-17-9-10-18-32(31)37/h1-26,42H,(H,46,47,48). The van der Waals surface area contributed by atoms with E-state index in [2.05, 4.69) is 113 Å². The second-order valence-corrected chi connectivity index (χ2v) is 12.4. The van der Waals surface area contributed by atoms with Gasteiger partial charge in [-0.25, -0.2) is 9.98 Å². The van der Waals surface area contributed by atoms with Crippen LogP contribution in [-0.4, -0.2) is 16.7 Å². The number of furan rings is 1. The van der Waals surface area contributed by atoms with Crippen LogP contribution < -0.4 is 5.32 Å². The lowest BCUT2D eigenvalue weighted by molar-refractivity contribution is 0.669. The Balaban J connectivity index is 1.26. The first-order valence-corrected chi connectivity index (χ1v) is 16.5. The van der Waals surface area contributed by atoms with Crippen LogP contribution in [0.25, 0.3) is 65.4 Å². The monoisotopic (exact) mass is 628 g/mol. The number of pyridine rings is 1. The van der Waals surface area contributed by atoms with Crippen LogP contribution in [-0.2, 0) is 0 Å². The summed E-state index contributed by atoms with van der Waals surface area (Å²) >= 11 is 0. The van der Waals surface area contributed by atoms with E-state index in [1.165, 1.54) is 32.3 Å². The maximum Gasteiger partial charge on any atom is 0.160 e. The molecular formula is C44H28N4O. The molecule has 0 spiro atoms. The molecule has 0 amide bonds. The Kier molecular flexibility index (Phi) is 6.18. The Labute approximate surface area is 281 Å². The van der Waals surface area contributed by atoms with Crippen LogP contribution >= 0.6 is 0 Å². The first kappa shape index (κ1) is 27.5. The van der Waals surface area contributed by atoms with E-state index in [4.69, 9.17) is 14.4 Å². The number of amidine groups is 2. The first-order chi connectivity index (χ1) is 24.3. The Hall–Kier alpha value is -6.59. The summed E-state index contributed by atoms with van der Waals surface area (Å²) in [7, 11) is 0. The van der Waals surface area contributed by atoms with Gasteiger partial charge < -0.3 is 9.73 Å². The predicted molar refractivity (Wildman–Crippen MR) is 201 cm³/mol. The third kappa shape index (κ3) is 4.44. The molecule has 0 saturated heterocycles. The average Bonchev–Trinajstić information content (AvgIpc) is 3.57. The Morgan fingerprint density at radius 1 is 0.551 bits per heavy atom. The van der Waals surface area contributed by atoms with E-state index in [1.807, 2.05) is 48.7 Å². The van der Waals surface area contributed by atoms with Gasteiger partial charge in [-0.3, -0.25) is 4.98 Å². The minimum absolute atomic E-state index is 0.312. The molecule has 49 heavy (non-hydrogen) atoms. The van der Waals surface area contributed by atoms with E-state index in [0.717, 1.165) is 55.6 Å². The largest absolute Gasteiger partial charge is 0.455 e. The zero-order chi connectivity index (χ0) is 32.3. The maximum absolute atomic E-state index is 6.78. The molecule has 5 heteroatoms. The van der Waals surface area contributed by atoms with Gasteiger partial charge in [-0.15, -0.1) is 0 Å². The summed E-state index contributed by atoms with van der Waals surface area (Å²) in [5, 5.41) is 12.7. The van der Waals surface area contributed by atoms with Crippen molar-refractivity contribution in [2.24, 2.45) is 9.98 Å². The zero-order valence-corrected chi connectivity index (χ0v) is 26.3. The topological polar surface area (TPSA) is 62.8 Å². The third-order valence-corrected chi connectivity index (χ3v) is 9.62. The van der Waals surface area contributed by atoms with E-state index in [9.17, 15) is 0 Å². The molecule has 0 bridgehead atoms. The number of hydrogen-bond donors (Lipinski definition) is 1. The molecule has 7 aromatic carbocycles. The van der Waals surface area contributed by atoms with Gasteiger partial charge in [0.15, 0.2) is 5.84 Å².